The van der Waals surface area contributed by atoms with Crippen LogP contribution < -0.4 is 9.47 Å². The Balaban J connectivity index is 0.000000557. The fourth-order valence-electron chi connectivity index (χ4n) is 5.04. The highest BCUT2D eigenvalue weighted by Gasteiger charge is 2.31. The number of benzene rings is 3. The number of rotatable bonds is 8. The molecule has 2 aliphatic rings. The molecule has 0 saturated heterocycles. The third-order valence-corrected chi connectivity index (χ3v) is 7.08. The maximum absolute atomic E-state index is 11.1. The number of aryl methyl sites for hydroxylation is 2. The monoisotopic (exact) mass is 549 g/mol. The number of fused-ring (bicyclic) bond motifs is 2. The van der Waals surface area contributed by atoms with Gasteiger partial charge in [0.05, 0.1) is 0 Å². The molecule has 0 spiro atoms. The molecule has 4 N–H and O–H groups in total. The Morgan fingerprint density at radius 3 is 1.57 bits per heavy atom. The second kappa shape index (κ2) is 13.9. The molecule has 40 heavy (non-hydrogen) atoms. The van der Waals surface area contributed by atoms with Crippen molar-refractivity contribution in [3.05, 3.63) is 95.6 Å². The Morgan fingerprint density at radius 1 is 0.700 bits per heavy atom. The zero-order chi connectivity index (χ0) is 28.5. The van der Waals surface area contributed by atoms with Crippen LogP contribution in [0.5, 0.6) is 11.5 Å². The van der Waals surface area contributed by atoms with E-state index in [2.05, 4.69) is 29.2 Å². The van der Waals surface area contributed by atoms with Gasteiger partial charge in [0, 0.05) is 19.6 Å². The molecule has 3 aromatic rings. The topological polar surface area (TPSA) is 137 Å². The molecule has 4 atom stereocenters. The number of aliphatic carboxylic acids is 2. The summed E-state index contributed by atoms with van der Waals surface area (Å²) >= 11 is 0. The van der Waals surface area contributed by atoms with Crippen molar-refractivity contribution in [2.45, 2.75) is 56.6 Å². The molecule has 0 fully saturated rings. The van der Waals surface area contributed by atoms with Crippen LogP contribution >= 0.6 is 0 Å². The van der Waals surface area contributed by atoms with Crippen LogP contribution in [0.4, 0.5) is 0 Å². The van der Waals surface area contributed by atoms with E-state index in [-0.39, 0.29) is 12.2 Å². The molecule has 3 aromatic carbocycles. The number of ether oxygens (including phenoxy) is 2. The van der Waals surface area contributed by atoms with Crippen LogP contribution in [0.2, 0.25) is 0 Å². The molecule has 0 amide bonds. The Morgan fingerprint density at radius 2 is 1.12 bits per heavy atom. The predicted octanol–water partition coefficient (Wildman–Crippen LogP) is 3.15. The number of para-hydroxylation sites is 2. The van der Waals surface area contributed by atoms with Crippen LogP contribution in [0.25, 0.3) is 0 Å². The fourth-order valence-corrected chi connectivity index (χ4v) is 5.04. The molecule has 0 unspecified atom stereocenters. The van der Waals surface area contributed by atoms with Crippen LogP contribution in [0, 0.1) is 0 Å². The maximum Gasteiger partial charge on any atom is 0.414 e. The minimum atomic E-state index is -1.82. The number of carbonyl (C=O) groups is 2. The van der Waals surface area contributed by atoms with Crippen molar-refractivity contribution in [3.8, 4) is 11.5 Å². The third kappa shape index (κ3) is 8.05. The first kappa shape index (κ1) is 29.1. The number of hydrogen-bond acceptors (Lipinski definition) is 7. The third-order valence-electron chi connectivity index (χ3n) is 7.08. The van der Waals surface area contributed by atoms with E-state index in [4.69, 9.17) is 29.3 Å². The minimum absolute atomic E-state index is 0.261. The minimum Gasteiger partial charge on any atom is -0.487 e. The summed E-state index contributed by atoms with van der Waals surface area (Å²) in [5.41, 5.74) is 3.53. The van der Waals surface area contributed by atoms with Crippen LogP contribution in [0.15, 0.2) is 78.9 Å². The molecule has 0 saturated carbocycles. The molecule has 9 heteroatoms. The molecular weight excluding hydrogens is 514 g/mol. The standard InChI is InChI=1S/C29H33NO4.C2H2O4/c31-24(28-16-14-22-10-4-6-12-26(22)33-28)19-30(18-21-8-2-1-3-9-21)20-25(32)29-17-15-23-11-5-7-13-27(23)34-29;3-1(4)2(5)6/h1-13,24-25,28-29,31-32H,14-20H2;(H,3,4)(H,5,6)/t24-,25-,28-,29+;/m0./s1. The van der Waals surface area contributed by atoms with Crippen LogP contribution in [0.1, 0.15) is 29.5 Å². The van der Waals surface area contributed by atoms with Crippen molar-refractivity contribution in [1.29, 1.82) is 0 Å². The van der Waals surface area contributed by atoms with Gasteiger partial charge in [0.2, 0.25) is 0 Å². The normalized spacial score (nSPS) is 19.0. The van der Waals surface area contributed by atoms with Crippen LogP contribution in [-0.2, 0) is 29.0 Å². The van der Waals surface area contributed by atoms with Gasteiger partial charge < -0.3 is 29.9 Å². The van der Waals surface area contributed by atoms with Crippen molar-refractivity contribution in [3.63, 3.8) is 0 Å². The van der Waals surface area contributed by atoms with E-state index in [9.17, 15) is 10.2 Å². The van der Waals surface area contributed by atoms with Crippen LogP contribution in [0.3, 0.4) is 0 Å². The number of carboxylic acid groups (broad SMARTS) is 2. The van der Waals surface area contributed by atoms with Gasteiger partial charge in [-0.25, -0.2) is 9.59 Å². The average Bonchev–Trinajstić information content (AvgIpc) is 2.97. The maximum atomic E-state index is 11.1. The summed E-state index contributed by atoms with van der Waals surface area (Å²) in [7, 11) is 0. The molecule has 2 heterocycles. The number of aliphatic hydroxyl groups excluding tert-OH is 2. The largest absolute Gasteiger partial charge is 0.487 e. The van der Waals surface area contributed by atoms with Crippen molar-refractivity contribution in [2.24, 2.45) is 0 Å². The molecule has 2 aliphatic heterocycles. The first-order valence-corrected chi connectivity index (χ1v) is 13.4. The highest BCUT2D eigenvalue weighted by Crippen LogP contribution is 2.30. The van der Waals surface area contributed by atoms with Crippen molar-refractivity contribution in [2.75, 3.05) is 13.1 Å². The Labute approximate surface area is 233 Å². The van der Waals surface area contributed by atoms with Crippen molar-refractivity contribution in [1.82, 2.24) is 4.90 Å². The van der Waals surface area contributed by atoms with Gasteiger partial charge in [-0.3, -0.25) is 4.90 Å². The molecule has 0 aliphatic carbocycles. The number of hydrogen-bond donors (Lipinski definition) is 4. The van der Waals surface area contributed by atoms with Gasteiger partial charge in [0.25, 0.3) is 0 Å². The van der Waals surface area contributed by atoms with Crippen molar-refractivity contribution < 1.29 is 39.5 Å². The first-order valence-electron chi connectivity index (χ1n) is 13.4. The molecule has 5 rings (SSSR count). The van der Waals surface area contributed by atoms with E-state index < -0.39 is 24.1 Å². The lowest BCUT2D eigenvalue weighted by molar-refractivity contribution is -0.159. The summed E-state index contributed by atoms with van der Waals surface area (Å²) in [6, 6.07) is 26.3. The molecule has 212 valence electrons. The molecular formula is C31H35NO8. The molecule has 0 bridgehead atoms. The second-order valence-corrected chi connectivity index (χ2v) is 10.0. The second-order valence-electron chi connectivity index (χ2n) is 10.0. The highest BCUT2D eigenvalue weighted by atomic mass is 16.5. The van der Waals surface area contributed by atoms with Gasteiger partial charge in [0.1, 0.15) is 35.9 Å². The average molecular weight is 550 g/mol. The summed E-state index contributed by atoms with van der Waals surface area (Å²) < 4.78 is 12.3. The SMILES string of the molecule is O=C(O)C(=O)O.O[C@@H](CN(Cc1ccccc1)C[C@H](O)[C@H]1CCc2ccccc2O1)[C@@H]1CCc2ccccc2O1. The first-order chi connectivity index (χ1) is 19.3. The van der Waals surface area contributed by atoms with Gasteiger partial charge in [0.15, 0.2) is 0 Å². The smallest absolute Gasteiger partial charge is 0.414 e. The van der Waals surface area contributed by atoms with Crippen LogP contribution in [-0.4, -0.2) is 74.8 Å². The van der Waals surface area contributed by atoms with E-state index >= 15 is 0 Å². The molecule has 9 nitrogen and oxygen atoms in total. The van der Waals surface area contributed by atoms with Gasteiger partial charge in [-0.15, -0.1) is 0 Å². The summed E-state index contributed by atoms with van der Waals surface area (Å²) in [5.74, 6) is -1.92. The number of nitrogens with zero attached hydrogens (tertiary/aromatic N) is 1. The lowest BCUT2D eigenvalue weighted by Gasteiger charge is -2.35. The van der Waals surface area contributed by atoms with E-state index in [1.165, 1.54) is 11.1 Å². The quantitative estimate of drug-likeness (QED) is 0.312. The van der Waals surface area contributed by atoms with E-state index in [1.54, 1.807) is 0 Å². The predicted molar refractivity (Wildman–Crippen MR) is 147 cm³/mol. The lowest BCUT2D eigenvalue weighted by Crippen LogP contribution is -2.48. The van der Waals surface area contributed by atoms with Gasteiger partial charge in [-0.05, 0) is 54.5 Å². The fraction of sp³-hybridized carbons (Fsp3) is 0.355. The van der Waals surface area contributed by atoms with E-state index in [0.29, 0.717) is 19.6 Å². The zero-order valence-corrected chi connectivity index (χ0v) is 22.1. The highest BCUT2D eigenvalue weighted by molar-refractivity contribution is 6.27. The van der Waals surface area contributed by atoms with Crippen molar-refractivity contribution >= 4 is 11.9 Å². The van der Waals surface area contributed by atoms with Gasteiger partial charge in [-0.2, -0.15) is 0 Å². The molecule has 0 aromatic heterocycles. The van der Waals surface area contributed by atoms with E-state index in [1.807, 2.05) is 54.6 Å². The molecule has 0 radical (unpaired) electrons. The number of carboxylic acids is 2. The Kier molecular flexibility index (Phi) is 10.1. The van der Waals surface area contributed by atoms with Gasteiger partial charge >= 0.3 is 11.9 Å². The Hall–Kier alpha value is -3.92. The summed E-state index contributed by atoms with van der Waals surface area (Å²) in [4.78, 5) is 20.3. The Bertz CT molecular complexity index is 1190. The zero-order valence-electron chi connectivity index (χ0n) is 22.1. The summed E-state index contributed by atoms with van der Waals surface area (Å²) in [6.45, 7) is 1.48. The number of aliphatic hydroxyl groups is 2. The summed E-state index contributed by atoms with van der Waals surface area (Å²) in [6.07, 6.45) is 1.52. The summed E-state index contributed by atoms with van der Waals surface area (Å²) in [5, 5.41) is 37.0. The van der Waals surface area contributed by atoms with E-state index in [0.717, 1.165) is 42.7 Å². The van der Waals surface area contributed by atoms with Gasteiger partial charge in [-0.1, -0.05) is 66.7 Å². The lowest BCUT2D eigenvalue weighted by atomic mass is 9.97.